The van der Waals surface area contributed by atoms with E-state index in [1.54, 1.807) is 55.4 Å². The monoisotopic (exact) mass is 666 g/mol. The molecule has 1 rings (SSSR count). The molecule has 0 aliphatic heterocycles. The smallest absolute Gasteiger partial charge is 0.414 e. The summed E-state index contributed by atoms with van der Waals surface area (Å²) in [6, 6.07) is 2.23. The van der Waals surface area contributed by atoms with Crippen LogP contribution in [0, 0.1) is 0 Å². The van der Waals surface area contributed by atoms with Crippen molar-refractivity contribution < 1.29 is 42.9 Å². The lowest BCUT2D eigenvalue weighted by Gasteiger charge is -2.27. The van der Waals surface area contributed by atoms with Gasteiger partial charge in [0.05, 0.1) is 6.04 Å². The summed E-state index contributed by atoms with van der Waals surface area (Å²) in [5.41, 5.74) is -2.26. The molecular formula is C31H50N6O10. The Balaban J connectivity index is 3.07. The third-order valence-electron chi connectivity index (χ3n) is 5.42. The second-order valence-electron chi connectivity index (χ2n) is 11.9. The molecule has 0 aromatic carbocycles. The number of anilines is 1. The maximum atomic E-state index is 13.1. The number of pyridine rings is 1. The van der Waals surface area contributed by atoms with Crippen LogP contribution in [0.25, 0.3) is 0 Å². The Bertz CT molecular complexity index is 1240. The van der Waals surface area contributed by atoms with E-state index in [0.29, 0.717) is 26.1 Å². The molecule has 16 heteroatoms. The predicted octanol–water partition coefficient (Wildman–Crippen LogP) is 3.65. The molecule has 1 aromatic heterocycles. The summed E-state index contributed by atoms with van der Waals surface area (Å²) in [6.07, 6.45) is 0.137. The summed E-state index contributed by atoms with van der Waals surface area (Å²) in [5, 5.41) is 10.0. The highest BCUT2D eigenvalue weighted by molar-refractivity contribution is 6.01. The SMILES string of the molecule is C=CCOC(=O)Nc1cccn(CC(=O)N[C@@H](CCCN=C(NC(=O)OC(C)(C)C)NC(=O)OC(C)(C)C)C(OCC)OCC)c1=O. The number of guanidine groups is 1. The lowest BCUT2D eigenvalue weighted by molar-refractivity contribution is -0.159. The van der Waals surface area contributed by atoms with Crippen LogP contribution in [0.1, 0.15) is 68.2 Å². The van der Waals surface area contributed by atoms with Crippen LogP contribution in [-0.2, 0) is 35.0 Å². The summed E-state index contributed by atoms with van der Waals surface area (Å²) in [5.74, 6) is -0.697. The molecule has 0 aliphatic carbocycles. The van der Waals surface area contributed by atoms with Crippen molar-refractivity contribution in [3.05, 3.63) is 41.3 Å². The molecule has 264 valence electrons. The summed E-state index contributed by atoms with van der Waals surface area (Å²) < 4.78 is 28.0. The van der Waals surface area contributed by atoms with Gasteiger partial charge in [0, 0.05) is 26.0 Å². The average molecular weight is 667 g/mol. The molecule has 4 amide bonds. The minimum Gasteiger partial charge on any atom is -0.445 e. The highest BCUT2D eigenvalue weighted by Crippen LogP contribution is 2.11. The first kappa shape index (κ1) is 40.6. The van der Waals surface area contributed by atoms with Gasteiger partial charge in [-0.2, -0.15) is 0 Å². The van der Waals surface area contributed by atoms with Crippen LogP contribution in [0.4, 0.5) is 20.1 Å². The van der Waals surface area contributed by atoms with Gasteiger partial charge < -0.3 is 33.6 Å². The average Bonchev–Trinajstić information content (AvgIpc) is 2.93. The fourth-order valence-corrected chi connectivity index (χ4v) is 3.74. The minimum absolute atomic E-state index is 0.0371. The van der Waals surface area contributed by atoms with Crippen LogP contribution >= 0.6 is 0 Å². The Labute approximate surface area is 275 Å². The summed E-state index contributed by atoms with van der Waals surface area (Å²) in [6.45, 7) is 17.5. The normalized spacial score (nSPS) is 11.9. The van der Waals surface area contributed by atoms with Gasteiger partial charge in [-0.05, 0) is 80.4 Å². The third-order valence-corrected chi connectivity index (χ3v) is 5.42. The van der Waals surface area contributed by atoms with Gasteiger partial charge in [0.15, 0.2) is 6.29 Å². The number of carbonyl (C=O) groups is 4. The van der Waals surface area contributed by atoms with Crippen molar-refractivity contribution in [2.45, 2.75) is 98.3 Å². The Morgan fingerprint density at radius 1 is 0.957 bits per heavy atom. The molecule has 16 nitrogen and oxygen atoms in total. The van der Waals surface area contributed by atoms with Crippen molar-refractivity contribution in [2.24, 2.45) is 4.99 Å². The van der Waals surface area contributed by atoms with E-state index < -0.39 is 53.3 Å². The zero-order valence-electron chi connectivity index (χ0n) is 28.6. The summed E-state index contributed by atoms with van der Waals surface area (Å²) >= 11 is 0. The number of ether oxygens (including phenoxy) is 5. The second kappa shape index (κ2) is 19.9. The van der Waals surface area contributed by atoms with Crippen molar-refractivity contribution in [1.82, 2.24) is 20.5 Å². The van der Waals surface area contributed by atoms with Crippen molar-refractivity contribution >= 4 is 35.8 Å². The van der Waals surface area contributed by atoms with E-state index in [0.717, 1.165) is 4.57 Å². The van der Waals surface area contributed by atoms with Crippen molar-refractivity contribution in [3.63, 3.8) is 0 Å². The first-order valence-corrected chi connectivity index (χ1v) is 15.3. The largest absolute Gasteiger partial charge is 0.445 e. The zero-order valence-corrected chi connectivity index (χ0v) is 28.6. The maximum absolute atomic E-state index is 13.1. The van der Waals surface area contributed by atoms with Gasteiger partial charge in [-0.25, -0.2) is 14.4 Å². The maximum Gasteiger partial charge on any atom is 0.414 e. The standard InChI is InChI=1S/C31H50N6O10/c1-10-19-45-27(40)34-21-16-14-18-37(24(21)39)20-23(38)33-22(25(43-11-2)44-12-3)15-13-17-32-26(35-28(41)46-30(4,5)6)36-29(42)47-31(7,8)9/h10,14,16,18,22,25H,1,11-13,15,17,19-20H2,2-9H3,(H,33,38)(H,34,40)(H2,32,35,36,41,42)/t22-/m0/s1. The molecule has 0 unspecified atom stereocenters. The Morgan fingerprint density at radius 2 is 1.53 bits per heavy atom. The lowest BCUT2D eigenvalue weighted by atomic mass is 10.1. The van der Waals surface area contributed by atoms with Crippen molar-refractivity contribution in [3.8, 4) is 0 Å². The number of hydrogen-bond acceptors (Lipinski definition) is 11. The quantitative estimate of drug-likeness (QED) is 0.0535. The number of rotatable bonds is 15. The van der Waals surface area contributed by atoms with Crippen molar-refractivity contribution in [1.29, 1.82) is 0 Å². The Morgan fingerprint density at radius 3 is 2.04 bits per heavy atom. The molecule has 0 saturated carbocycles. The fraction of sp³-hybridized carbons (Fsp3) is 0.613. The molecule has 0 saturated heterocycles. The predicted molar refractivity (Wildman–Crippen MR) is 175 cm³/mol. The highest BCUT2D eigenvalue weighted by atomic mass is 16.7. The van der Waals surface area contributed by atoms with Gasteiger partial charge in [0.25, 0.3) is 5.56 Å². The second-order valence-corrected chi connectivity index (χ2v) is 11.9. The van der Waals surface area contributed by atoms with Gasteiger partial charge in [0.1, 0.15) is 30.0 Å². The van der Waals surface area contributed by atoms with E-state index in [1.165, 1.54) is 24.4 Å². The number of amides is 4. The van der Waals surface area contributed by atoms with E-state index in [4.69, 9.17) is 23.7 Å². The number of hydrogen-bond donors (Lipinski definition) is 4. The van der Waals surface area contributed by atoms with Crippen LogP contribution in [0.2, 0.25) is 0 Å². The number of alkyl carbamates (subject to hydrolysis) is 2. The molecule has 1 atom stereocenters. The van der Waals surface area contributed by atoms with E-state index >= 15 is 0 Å². The van der Waals surface area contributed by atoms with Crippen LogP contribution < -0.4 is 26.8 Å². The lowest BCUT2D eigenvalue weighted by Crippen LogP contribution is -2.48. The molecule has 0 bridgehead atoms. The number of carbonyl (C=O) groups excluding carboxylic acids is 4. The Kier molecular flexibility index (Phi) is 17.2. The first-order chi connectivity index (χ1) is 22.0. The topological polar surface area (TPSA) is 197 Å². The molecule has 1 aromatic rings. The van der Waals surface area contributed by atoms with E-state index in [1.807, 2.05) is 0 Å². The molecule has 0 aliphatic rings. The van der Waals surface area contributed by atoms with Gasteiger partial charge in [-0.1, -0.05) is 12.7 Å². The molecule has 47 heavy (non-hydrogen) atoms. The van der Waals surface area contributed by atoms with Gasteiger partial charge >= 0.3 is 18.3 Å². The van der Waals surface area contributed by atoms with Crippen LogP contribution in [0.15, 0.2) is 40.8 Å². The fourth-order valence-electron chi connectivity index (χ4n) is 3.74. The summed E-state index contributed by atoms with van der Waals surface area (Å²) in [7, 11) is 0. The van der Waals surface area contributed by atoms with Crippen LogP contribution in [0.5, 0.6) is 0 Å². The number of nitrogens with one attached hydrogen (secondary N) is 4. The van der Waals surface area contributed by atoms with Crippen molar-refractivity contribution in [2.75, 3.05) is 31.7 Å². The molecule has 0 spiro atoms. The van der Waals surface area contributed by atoms with Crippen LogP contribution in [-0.4, -0.2) is 84.6 Å². The third kappa shape index (κ3) is 17.7. The first-order valence-electron chi connectivity index (χ1n) is 15.3. The highest BCUT2D eigenvalue weighted by Gasteiger charge is 2.25. The molecular weight excluding hydrogens is 616 g/mol. The van der Waals surface area contributed by atoms with E-state index in [-0.39, 0.29) is 31.3 Å². The molecule has 4 N–H and O–H groups in total. The van der Waals surface area contributed by atoms with Gasteiger partial charge in [0.2, 0.25) is 11.9 Å². The van der Waals surface area contributed by atoms with Crippen LogP contribution in [0.3, 0.4) is 0 Å². The number of aromatic nitrogens is 1. The molecule has 0 fully saturated rings. The zero-order chi connectivity index (χ0) is 35.6. The van der Waals surface area contributed by atoms with Gasteiger partial charge in [-0.15, -0.1) is 0 Å². The number of aliphatic imine (C=N–C) groups is 1. The molecule has 0 radical (unpaired) electrons. The minimum atomic E-state index is -0.839. The van der Waals surface area contributed by atoms with Gasteiger partial charge in [-0.3, -0.25) is 30.5 Å². The van der Waals surface area contributed by atoms with E-state index in [2.05, 4.69) is 32.8 Å². The summed E-state index contributed by atoms with van der Waals surface area (Å²) in [4.78, 5) is 66.9. The Hall–Kier alpha value is -4.44. The molecule has 1 heterocycles. The number of nitrogens with zero attached hydrogens (tertiary/aromatic N) is 2. The van der Waals surface area contributed by atoms with E-state index in [9.17, 15) is 24.0 Å².